The van der Waals surface area contributed by atoms with Crippen LogP contribution in [0.1, 0.15) is 33.1 Å². The van der Waals surface area contributed by atoms with E-state index in [9.17, 15) is 5.11 Å². The van der Waals surface area contributed by atoms with Crippen LogP contribution in [0, 0.1) is 5.92 Å². The van der Waals surface area contributed by atoms with Crippen LogP contribution in [0.15, 0.2) is 0 Å². The third-order valence-electron chi connectivity index (χ3n) is 3.97. The largest absolute Gasteiger partial charge is 1.00 e. The fraction of sp³-hybridized carbons (Fsp3) is 1.00. The minimum atomic E-state index is -0.441. The van der Waals surface area contributed by atoms with Crippen molar-refractivity contribution >= 4 is 0 Å². The van der Waals surface area contributed by atoms with Gasteiger partial charge < -0.3 is 48.4 Å². The highest BCUT2D eigenvalue weighted by Gasteiger charge is 2.23. The number of ether oxygens (including phenoxy) is 2. The summed E-state index contributed by atoms with van der Waals surface area (Å²) in [5, 5.41) is 10.2. The van der Waals surface area contributed by atoms with Gasteiger partial charge in [-0.1, -0.05) is 26.7 Å². The number of rotatable bonds is 14. The van der Waals surface area contributed by atoms with Gasteiger partial charge in [-0.15, -0.1) is 0 Å². The average Bonchev–Trinajstić information content (AvgIpc) is 2.40. The summed E-state index contributed by atoms with van der Waals surface area (Å²) in [6, 6.07) is 0. The van der Waals surface area contributed by atoms with Gasteiger partial charge in [-0.3, -0.25) is 0 Å². The third kappa shape index (κ3) is 19.2. The van der Waals surface area contributed by atoms with Gasteiger partial charge >= 0.3 is 0 Å². The SMILES string of the molecule is CCCC(CC)COCC(C[N+](C)(C)C)OCC(O)C[N+](C)(C)C.[Cl-].[Cl-]. The summed E-state index contributed by atoms with van der Waals surface area (Å²) in [7, 11) is 12.7. The molecule has 3 atom stereocenters. The van der Waals surface area contributed by atoms with Gasteiger partial charge in [-0.2, -0.15) is 0 Å². The zero-order valence-electron chi connectivity index (χ0n) is 18.3. The van der Waals surface area contributed by atoms with Crippen molar-refractivity contribution in [2.45, 2.75) is 45.3 Å². The molecule has 7 heteroatoms. The van der Waals surface area contributed by atoms with E-state index in [1.165, 1.54) is 12.8 Å². The first-order chi connectivity index (χ1) is 11.0. The predicted octanol–water partition coefficient (Wildman–Crippen LogP) is -4.00. The summed E-state index contributed by atoms with van der Waals surface area (Å²) in [5.74, 6) is 0.642. The first kappa shape index (κ1) is 31.1. The molecule has 0 radical (unpaired) electrons. The van der Waals surface area contributed by atoms with Crippen LogP contribution in [0.2, 0.25) is 0 Å². The van der Waals surface area contributed by atoms with Crippen LogP contribution in [0.4, 0.5) is 0 Å². The molecule has 162 valence electrons. The van der Waals surface area contributed by atoms with E-state index >= 15 is 0 Å². The molecule has 1 N–H and O–H groups in total. The first-order valence-corrected chi connectivity index (χ1v) is 9.45. The lowest BCUT2D eigenvalue weighted by Gasteiger charge is -2.31. The summed E-state index contributed by atoms with van der Waals surface area (Å²) < 4.78 is 13.5. The highest BCUT2D eigenvalue weighted by molar-refractivity contribution is 4.61. The van der Waals surface area contributed by atoms with Crippen molar-refractivity contribution < 1.29 is 48.4 Å². The molecule has 5 nitrogen and oxygen atoms in total. The van der Waals surface area contributed by atoms with Crippen LogP contribution < -0.4 is 24.8 Å². The Morgan fingerprint density at radius 2 is 1.35 bits per heavy atom. The summed E-state index contributed by atoms with van der Waals surface area (Å²) in [6.45, 7) is 7.80. The molecule has 0 saturated heterocycles. The second-order valence-electron chi connectivity index (χ2n) is 9.16. The number of hydrogen-bond acceptors (Lipinski definition) is 3. The minimum Gasteiger partial charge on any atom is -1.00 e. The van der Waals surface area contributed by atoms with Crippen LogP contribution in [-0.2, 0) is 9.47 Å². The van der Waals surface area contributed by atoms with E-state index in [4.69, 9.17) is 9.47 Å². The predicted molar refractivity (Wildman–Crippen MR) is 101 cm³/mol. The Kier molecular flexibility index (Phi) is 18.3. The van der Waals surface area contributed by atoms with Crippen LogP contribution in [0.25, 0.3) is 0 Å². The van der Waals surface area contributed by atoms with E-state index in [0.717, 1.165) is 28.5 Å². The van der Waals surface area contributed by atoms with E-state index in [2.05, 4.69) is 56.1 Å². The summed E-state index contributed by atoms with van der Waals surface area (Å²) in [4.78, 5) is 0. The summed E-state index contributed by atoms with van der Waals surface area (Å²) in [5.41, 5.74) is 0. The molecule has 0 fully saturated rings. The van der Waals surface area contributed by atoms with Crippen molar-refractivity contribution in [2.24, 2.45) is 5.92 Å². The molecule has 26 heavy (non-hydrogen) atoms. The minimum absolute atomic E-state index is 0. The van der Waals surface area contributed by atoms with Crippen LogP contribution >= 0.6 is 0 Å². The fourth-order valence-corrected chi connectivity index (χ4v) is 2.88. The molecule has 0 amide bonds. The van der Waals surface area contributed by atoms with Gasteiger partial charge in [0.05, 0.1) is 55.5 Å². The second-order valence-corrected chi connectivity index (χ2v) is 9.16. The molecule has 0 aromatic carbocycles. The average molecular weight is 419 g/mol. The Bertz CT molecular complexity index is 321. The van der Waals surface area contributed by atoms with Crippen molar-refractivity contribution in [3.63, 3.8) is 0 Å². The Hall–Kier alpha value is 0.380. The van der Waals surface area contributed by atoms with Crippen LogP contribution in [0.5, 0.6) is 0 Å². The lowest BCUT2D eigenvalue weighted by atomic mass is 10.0. The maximum Gasteiger partial charge on any atom is 0.130 e. The molecule has 3 unspecified atom stereocenters. The number of aliphatic hydroxyl groups excluding tert-OH is 1. The molecular formula is C19H44Cl2N2O3. The molecule has 0 saturated carbocycles. The van der Waals surface area contributed by atoms with Gasteiger partial charge in [0, 0.05) is 6.61 Å². The fourth-order valence-electron chi connectivity index (χ4n) is 2.88. The Balaban J connectivity index is -0.00000264. The molecule has 0 aliphatic carbocycles. The maximum atomic E-state index is 10.2. The van der Waals surface area contributed by atoms with E-state index in [1.807, 2.05) is 0 Å². The Morgan fingerprint density at radius 1 is 0.808 bits per heavy atom. The molecule has 0 aliphatic rings. The Labute approximate surface area is 175 Å². The molecular weight excluding hydrogens is 375 g/mol. The smallest absolute Gasteiger partial charge is 0.130 e. The molecule has 0 bridgehead atoms. The monoisotopic (exact) mass is 418 g/mol. The summed E-state index contributed by atoms with van der Waals surface area (Å²) >= 11 is 0. The lowest BCUT2D eigenvalue weighted by molar-refractivity contribution is -0.875. The van der Waals surface area contributed by atoms with Crippen molar-refractivity contribution in [2.75, 3.05) is 75.2 Å². The van der Waals surface area contributed by atoms with Gasteiger partial charge in [0.25, 0.3) is 0 Å². The number of quaternary nitrogens is 2. The van der Waals surface area contributed by atoms with Crippen LogP contribution in [0.3, 0.4) is 0 Å². The Morgan fingerprint density at radius 3 is 1.77 bits per heavy atom. The number of aliphatic hydroxyl groups is 1. The van der Waals surface area contributed by atoms with Gasteiger partial charge in [0.2, 0.25) is 0 Å². The molecule has 0 rings (SSSR count). The summed E-state index contributed by atoms with van der Waals surface area (Å²) in [6.07, 6.45) is 3.17. The molecule has 0 aromatic rings. The highest BCUT2D eigenvalue weighted by Crippen LogP contribution is 2.12. The lowest BCUT2D eigenvalue weighted by Crippen LogP contribution is -3.00. The third-order valence-corrected chi connectivity index (χ3v) is 3.97. The van der Waals surface area contributed by atoms with Crippen molar-refractivity contribution in [1.82, 2.24) is 0 Å². The number of hydrogen-bond donors (Lipinski definition) is 1. The van der Waals surface area contributed by atoms with Gasteiger partial charge in [0.15, 0.2) is 0 Å². The van der Waals surface area contributed by atoms with Crippen molar-refractivity contribution in [3.05, 3.63) is 0 Å². The first-order valence-electron chi connectivity index (χ1n) is 9.45. The maximum absolute atomic E-state index is 10.2. The van der Waals surface area contributed by atoms with E-state index < -0.39 is 6.10 Å². The highest BCUT2D eigenvalue weighted by atomic mass is 35.5. The molecule has 0 aromatic heterocycles. The van der Waals surface area contributed by atoms with Gasteiger partial charge in [-0.05, 0) is 12.3 Å². The number of likely N-dealkylation sites (N-methyl/N-ethyl adjacent to an activating group) is 2. The van der Waals surface area contributed by atoms with Gasteiger partial charge in [0.1, 0.15) is 25.3 Å². The normalized spacial score (nSPS) is 15.6. The van der Waals surface area contributed by atoms with E-state index in [0.29, 0.717) is 25.7 Å². The quantitative estimate of drug-likeness (QED) is 0.292. The topological polar surface area (TPSA) is 38.7 Å². The standard InChI is InChI=1S/C19H44N2O3.2ClH/c1-9-11-17(10-2)14-23-16-19(13-21(6,7)8)24-15-18(22)12-20(3,4)5;;/h17-19,22H,9-16H2,1-8H3;2*1H/q+2;;/p-2. The van der Waals surface area contributed by atoms with Crippen molar-refractivity contribution in [1.29, 1.82) is 0 Å². The molecule has 0 aliphatic heterocycles. The molecule has 0 heterocycles. The number of halogens is 2. The number of nitrogens with zero attached hydrogens (tertiary/aromatic N) is 2. The molecule has 0 spiro atoms. The van der Waals surface area contributed by atoms with Gasteiger partial charge in [-0.25, -0.2) is 0 Å². The second kappa shape index (κ2) is 15.3. The van der Waals surface area contributed by atoms with Crippen molar-refractivity contribution in [3.8, 4) is 0 Å². The zero-order chi connectivity index (χ0) is 18.8. The van der Waals surface area contributed by atoms with E-state index in [1.54, 1.807) is 0 Å². The van der Waals surface area contributed by atoms with Crippen LogP contribution in [-0.4, -0.2) is 101 Å². The van der Waals surface area contributed by atoms with E-state index in [-0.39, 0.29) is 30.9 Å². The zero-order valence-corrected chi connectivity index (χ0v) is 19.8.